The van der Waals surface area contributed by atoms with Crippen LogP contribution < -0.4 is 11.0 Å². The highest BCUT2D eigenvalue weighted by atomic mass is 16.2. The number of nitrogens with zero attached hydrogens (tertiary/aromatic N) is 4. The van der Waals surface area contributed by atoms with Gasteiger partial charge in [-0.2, -0.15) is 0 Å². The molecule has 1 unspecified atom stereocenters. The number of likely N-dealkylation sites (tertiary alicyclic amines) is 2. The molecule has 1 aromatic carbocycles. The summed E-state index contributed by atoms with van der Waals surface area (Å²) in [6.07, 6.45) is 6.80. The highest BCUT2D eigenvalue weighted by Gasteiger charge is 2.32. The fourth-order valence-corrected chi connectivity index (χ4v) is 6.10. The van der Waals surface area contributed by atoms with Crippen LogP contribution in [0, 0.1) is 5.92 Å². The topological polar surface area (TPSA) is 96.6 Å². The van der Waals surface area contributed by atoms with Crippen LogP contribution in [-0.4, -0.2) is 69.4 Å². The molecule has 0 saturated carbocycles. The summed E-state index contributed by atoms with van der Waals surface area (Å²) >= 11 is 0. The maximum atomic E-state index is 13.2. The standard InChI is InChI=1S/C25H33N5O4/c1-27-23-18(15-17-7-13-29(14-8-17)19-9-11-28(16-31)12-10-19)3-2-4-20(23)30(25(27)34)21-5-6-22(32)26-24(21)33/h2-4,16-17,19,21H,5-15H2,1H3,(H,26,32,33). The van der Waals surface area contributed by atoms with Crippen LogP contribution in [0.25, 0.3) is 11.0 Å². The second-order valence-electron chi connectivity index (χ2n) is 10.0. The lowest BCUT2D eigenvalue weighted by Gasteiger charge is -2.41. The van der Waals surface area contributed by atoms with E-state index in [4.69, 9.17) is 0 Å². The van der Waals surface area contributed by atoms with Gasteiger partial charge in [0.2, 0.25) is 18.2 Å². The fourth-order valence-electron chi connectivity index (χ4n) is 6.10. The Balaban J connectivity index is 1.31. The van der Waals surface area contributed by atoms with Crippen molar-refractivity contribution >= 4 is 29.3 Å². The second kappa shape index (κ2) is 9.37. The van der Waals surface area contributed by atoms with Gasteiger partial charge in [-0.3, -0.25) is 28.8 Å². The number of hydrogen-bond donors (Lipinski definition) is 1. The number of para-hydroxylation sites is 1. The van der Waals surface area contributed by atoms with E-state index in [1.165, 1.54) is 0 Å². The van der Waals surface area contributed by atoms with Gasteiger partial charge in [0.15, 0.2) is 0 Å². The van der Waals surface area contributed by atoms with Crippen molar-refractivity contribution in [1.82, 2.24) is 24.3 Å². The number of fused-ring (bicyclic) bond motifs is 1. The summed E-state index contributed by atoms with van der Waals surface area (Å²) in [6.45, 7) is 3.85. The van der Waals surface area contributed by atoms with Crippen LogP contribution in [0.4, 0.5) is 0 Å². The molecule has 3 amide bonds. The predicted molar refractivity (Wildman–Crippen MR) is 127 cm³/mol. The zero-order chi connectivity index (χ0) is 23.8. The van der Waals surface area contributed by atoms with E-state index in [1.54, 1.807) is 16.2 Å². The molecule has 1 aromatic heterocycles. The summed E-state index contributed by atoms with van der Waals surface area (Å²) in [5.74, 6) is -0.135. The lowest BCUT2D eigenvalue weighted by molar-refractivity contribution is -0.135. The molecule has 1 atom stereocenters. The Morgan fingerprint density at radius 3 is 2.41 bits per heavy atom. The summed E-state index contributed by atoms with van der Waals surface area (Å²) in [6, 6.07) is 5.88. The number of amides is 3. The average molecular weight is 468 g/mol. The van der Waals surface area contributed by atoms with Crippen molar-refractivity contribution in [2.45, 2.75) is 57.0 Å². The van der Waals surface area contributed by atoms with E-state index in [9.17, 15) is 19.2 Å². The Hall–Kier alpha value is -2.94. The number of imide groups is 1. The first kappa shape index (κ1) is 22.8. The molecule has 0 bridgehead atoms. The molecule has 0 spiro atoms. The van der Waals surface area contributed by atoms with E-state index in [0.717, 1.165) is 81.3 Å². The molecule has 9 heteroatoms. The maximum absolute atomic E-state index is 13.2. The Morgan fingerprint density at radius 2 is 1.74 bits per heavy atom. The van der Waals surface area contributed by atoms with Gasteiger partial charge in [0.05, 0.1) is 11.0 Å². The number of aryl methyl sites for hydroxylation is 1. The number of carbonyl (C=O) groups is 3. The monoisotopic (exact) mass is 467 g/mol. The van der Waals surface area contributed by atoms with E-state index in [1.807, 2.05) is 17.0 Å². The molecule has 2 aromatic rings. The van der Waals surface area contributed by atoms with Crippen LogP contribution in [0.15, 0.2) is 23.0 Å². The van der Waals surface area contributed by atoms with Gasteiger partial charge in [-0.1, -0.05) is 12.1 Å². The molecule has 1 N–H and O–H groups in total. The zero-order valence-corrected chi connectivity index (χ0v) is 19.7. The summed E-state index contributed by atoms with van der Waals surface area (Å²) in [4.78, 5) is 52.7. The average Bonchev–Trinajstić information content (AvgIpc) is 3.10. The molecule has 0 aliphatic carbocycles. The molecule has 34 heavy (non-hydrogen) atoms. The number of nitrogens with one attached hydrogen (secondary N) is 1. The molecule has 5 rings (SSSR count). The molecule has 3 saturated heterocycles. The number of hydrogen-bond acceptors (Lipinski definition) is 5. The normalized spacial score (nSPS) is 23.4. The van der Waals surface area contributed by atoms with Crippen molar-refractivity contribution in [1.29, 1.82) is 0 Å². The third-order valence-corrected chi connectivity index (χ3v) is 8.03. The van der Waals surface area contributed by atoms with Crippen molar-refractivity contribution in [2.24, 2.45) is 13.0 Å². The quantitative estimate of drug-likeness (QED) is 0.526. The number of rotatable bonds is 5. The minimum atomic E-state index is -0.655. The number of aromatic nitrogens is 2. The van der Waals surface area contributed by atoms with Gasteiger partial charge in [-0.25, -0.2) is 4.79 Å². The number of piperidine rings is 3. The van der Waals surface area contributed by atoms with Crippen molar-refractivity contribution in [3.05, 3.63) is 34.2 Å². The molecule has 3 aliphatic rings. The van der Waals surface area contributed by atoms with Gasteiger partial charge in [-0.15, -0.1) is 0 Å². The molecule has 4 heterocycles. The van der Waals surface area contributed by atoms with Gasteiger partial charge >= 0.3 is 5.69 Å². The SMILES string of the molecule is Cn1c(=O)n(C2CCC(=O)NC2=O)c2cccc(CC3CCN(C4CCN(C=O)CC4)CC3)c21. The highest BCUT2D eigenvalue weighted by Crippen LogP contribution is 2.30. The van der Waals surface area contributed by atoms with Crippen LogP contribution in [0.3, 0.4) is 0 Å². The Kier molecular flexibility index (Phi) is 6.29. The number of imidazole rings is 1. The van der Waals surface area contributed by atoms with Crippen molar-refractivity contribution in [2.75, 3.05) is 26.2 Å². The van der Waals surface area contributed by atoms with Crippen LogP contribution in [0.1, 0.15) is 50.1 Å². The Labute approximate surface area is 198 Å². The van der Waals surface area contributed by atoms with Gasteiger partial charge in [0.1, 0.15) is 6.04 Å². The minimum absolute atomic E-state index is 0.214. The molecule has 3 aliphatic heterocycles. The summed E-state index contributed by atoms with van der Waals surface area (Å²) in [5.41, 5.74) is 2.58. The molecule has 9 nitrogen and oxygen atoms in total. The summed E-state index contributed by atoms with van der Waals surface area (Å²) < 4.78 is 3.22. The van der Waals surface area contributed by atoms with E-state index in [0.29, 0.717) is 18.4 Å². The molecular formula is C25H33N5O4. The molecule has 3 fully saturated rings. The first-order valence-corrected chi connectivity index (χ1v) is 12.4. The lowest BCUT2D eigenvalue weighted by Crippen LogP contribution is -2.47. The molecular weight excluding hydrogens is 434 g/mol. The number of benzene rings is 1. The number of carbonyl (C=O) groups excluding carboxylic acids is 3. The van der Waals surface area contributed by atoms with E-state index in [2.05, 4.69) is 16.3 Å². The van der Waals surface area contributed by atoms with Crippen LogP contribution >= 0.6 is 0 Å². The first-order chi connectivity index (χ1) is 16.5. The summed E-state index contributed by atoms with van der Waals surface area (Å²) in [5, 5.41) is 2.37. The molecule has 0 radical (unpaired) electrons. The highest BCUT2D eigenvalue weighted by molar-refractivity contribution is 6.00. The Morgan fingerprint density at radius 1 is 1.00 bits per heavy atom. The van der Waals surface area contributed by atoms with Crippen LogP contribution in [-0.2, 0) is 27.9 Å². The van der Waals surface area contributed by atoms with E-state index in [-0.39, 0.29) is 18.0 Å². The smallest absolute Gasteiger partial charge is 0.329 e. The van der Waals surface area contributed by atoms with Gasteiger partial charge < -0.3 is 9.80 Å². The third kappa shape index (κ3) is 4.17. The van der Waals surface area contributed by atoms with Crippen molar-refractivity contribution < 1.29 is 14.4 Å². The largest absolute Gasteiger partial charge is 0.345 e. The fraction of sp³-hybridized carbons (Fsp3) is 0.600. The first-order valence-electron chi connectivity index (χ1n) is 12.4. The van der Waals surface area contributed by atoms with Gasteiger partial charge in [-0.05, 0) is 69.2 Å². The van der Waals surface area contributed by atoms with Crippen molar-refractivity contribution in [3.8, 4) is 0 Å². The molecule has 182 valence electrons. The van der Waals surface area contributed by atoms with Gasteiger partial charge in [0, 0.05) is 32.6 Å². The lowest BCUT2D eigenvalue weighted by atomic mass is 9.88. The maximum Gasteiger partial charge on any atom is 0.329 e. The second-order valence-corrected chi connectivity index (χ2v) is 10.0. The van der Waals surface area contributed by atoms with Gasteiger partial charge in [0.25, 0.3) is 0 Å². The third-order valence-electron chi connectivity index (χ3n) is 8.03. The van der Waals surface area contributed by atoms with E-state index >= 15 is 0 Å². The zero-order valence-electron chi connectivity index (χ0n) is 19.7. The minimum Gasteiger partial charge on any atom is -0.345 e. The predicted octanol–water partition coefficient (Wildman–Crippen LogP) is 1.19. The van der Waals surface area contributed by atoms with Crippen LogP contribution in [0.5, 0.6) is 0 Å². The Bertz CT molecular complexity index is 1150. The summed E-state index contributed by atoms with van der Waals surface area (Å²) in [7, 11) is 1.77. The van der Waals surface area contributed by atoms with Crippen molar-refractivity contribution in [3.63, 3.8) is 0 Å². The van der Waals surface area contributed by atoms with E-state index < -0.39 is 11.9 Å². The van der Waals surface area contributed by atoms with Crippen LogP contribution in [0.2, 0.25) is 0 Å².